The number of hydrogen-bond donors (Lipinski definition) is 1. The topological polar surface area (TPSA) is 74.5 Å². The van der Waals surface area contributed by atoms with Gasteiger partial charge in [0.2, 0.25) is 0 Å². The van der Waals surface area contributed by atoms with Crippen LogP contribution in [0.1, 0.15) is 5.69 Å². The van der Waals surface area contributed by atoms with Crippen LogP contribution in [0.5, 0.6) is 0 Å². The molecule has 2 N–H and O–H groups in total. The first kappa shape index (κ1) is 13.4. The third-order valence-electron chi connectivity index (χ3n) is 3.57. The van der Waals surface area contributed by atoms with Crippen LogP contribution < -0.4 is 5.73 Å². The van der Waals surface area contributed by atoms with Crippen molar-refractivity contribution in [3.63, 3.8) is 0 Å². The van der Waals surface area contributed by atoms with Crippen molar-refractivity contribution in [3.8, 4) is 11.4 Å². The number of aromatic nitrogens is 5. The minimum atomic E-state index is -0.391. The van der Waals surface area contributed by atoms with E-state index in [0.29, 0.717) is 17.0 Å². The molecule has 1 aromatic carbocycles. The molecule has 0 saturated heterocycles. The second-order valence-corrected chi connectivity index (χ2v) is 5.31. The third kappa shape index (κ3) is 2.32. The number of halogens is 1. The van der Waals surface area contributed by atoms with Crippen LogP contribution in [-0.4, -0.2) is 24.3 Å². The summed E-state index contributed by atoms with van der Waals surface area (Å²) < 4.78 is 17.3. The average molecular weight is 308 g/mol. The lowest BCUT2D eigenvalue weighted by Crippen LogP contribution is -1.99. The molecule has 4 rings (SSSR count). The van der Waals surface area contributed by atoms with E-state index < -0.39 is 5.82 Å². The van der Waals surface area contributed by atoms with Gasteiger partial charge in [-0.3, -0.25) is 0 Å². The molecule has 0 aliphatic rings. The molecule has 0 bridgehead atoms. The van der Waals surface area contributed by atoms with Gasteiger partial charge in [0.1, 0.15) is 11.5 Å². The highest BCUT2D eigenvalue weighted by Crippen LogP contribution is 2.21. The Hall–Kier alpha value is -3.22. The molecule has 7 heteroatoms. The Kier molecular flexibility index (Phi) is 2.87. The molecule has 0 spiro atoms. The zero-order valence-electron chi connectivity index (χ0n) is 12.3. The molecular weight excluding hydrogens is 295 g/mol. The van der Waals surface area contributed by atoms with Crippen molar-refractivity contribution in [2.24, 2.45) is 0 Å². The lowest BCUT2D eigenvalue weighted by atomic mass is 10.2. The van der Waals surface area contributed by atoms with Gasteiger partial charge >= 0.3 is 0 Å². The van der Waals surface area contributed by atoms with Crippen molar-refractivity contribution in [1.29, 1.82) is 0 Å². The van der Waals surface area contributed by atoms with Gasteiger partial charge in [-0.1, -0.05) is 0 Å². The Balaban J connectivity index is 1.83. The molecule has 4 aromatic rings. The summed E-state index contributed by atoms with van der Waals surface area (Å²) in [6, 6.07) is 6.31. The fourth-order valence-electron chi connectivity index (χ4n) is 2.44. The van der Waals surface area contributed by atoms with E-state index in [0.717, 1.165) is 16.8 Å². The first-order valence-electron chi connectivity index (χ1n) is 7.02. The second kappa shape index (κ2) is 4.91. The van der Waals surface area contributed by atoms with Gasteiger partial charge in [0, 0.05) is 23.5 Å². The van der Waals surface area contributed by atoms with E-state index in [1.165, 1.54) is 16.8 Å². The Bertz CT molecular complexity index is 1020. The SMILES string of the molecule is Cc1cn(-c2cnc3nn(-c4cc(N)ccc4F)cc3c2)cn1. The lowest BCUT2D eigenvalue weighted by Gasteiger charge is -2.03. The minimum absolute atomic E-state index is 0.294. The van der Waals surface area contributed by atoms with E-state index >= 15 is 0 Å². The molecule has 6 nitrogen and oxygen atoms in total. The second-order valence-electron chi connectivity index (χ2n) is 5.31. The van der Waals surface area contributed by atoms with E-state index in [1.807, 2.05) is 23.8 Å². The zero-order valence-corrected chi connectivity index (χ0v) is 12.3. The molecule has 0 aliphatic carbocycles. The number of benzene rings is 1. The first-order chi connectivity index (χ1) is 11.1. The molecule has 0 saturated carbocycles. The summed E-state index contributed by atoms with van der Waals surface area (Å²) in [5.41, 5.74) is 8.82. The number of anilines is 1. The molecule has 3 aromatic heterocycles. The molecule has 0 atom stereocenters. The average Bonchev–Trinajstić information content (AvgIpc) is 3.14. The van der Waals surface area contributed by atoms with Crippen molar-refractivity contribution in [2.45, 2.75) is 6.92 Å². The molecule has 0 radical (unpaired) electrons. The fourth-order valence-corrected chi connectivity index (χ4v) is 2.44. The van der Waals surface area contributed by atoms with Crippen molar-refractivity contribution in [2.75, 3.05) is 5.73 Å². The normalized spacial score (nSPS) is 11.2. The van der Waals surface area contributed by atoms with Crippen LogP contribution in [0.2, 0.25) is 0 Å². The summed E-state index contributed by atoms with van der Waals surface area (Å²) in [5.74, 6) is -0.391. The van der Waals surface area contributed by atoms with Crippen molar-refractivity contribution < 1.29 is 4.39 Å². The number of imidazole rings is 1. The van der Waals surface area contributed by atoms with Gasteiger partial charge in [0.05, 0.1) is 23.9 Å². The zero-order chi connectivity index (χ0) is 16.0. The van der Waals surface area contributed by atoms with Gasteiger partial charge in [0.15, 0.2) is 5.65 Å². The van der Waals surface area contributed by atoms with Crippen LogP contribution in [0.3, 0.4) is 0 Å². The van der Waals surface area contributed by atoms with Crippen LogP contribution >= 0.6 is 0 Å². The standard InChI is InChI=1S/C16H13FN6/c1-10-7-22(9-20-10)13-4-11-8-23(21-16(11)19-6-13)15-5-12(18)2-3-14(15)17/h2-9H,18H2,1H3. The Labute approximate surface area is 131 Å². The lowest BCUT2D eigenvalue weighted by molar-refractivity contribution is 0.612. The molecular formula is C16H13FN6. The van der Waals surface area contributed by atoms with E-state index in [1.54, 1.807) is 24.8 Å². The summed E-state index contributed by atoms with van der Waals surface area (Å²) in [4.78, 5) is 8.53. The quantitative estimate of drug-likeness (QED) is 0.578. The Morgan fingerprint density at radius 2 is 2.00 bits per heavy atom. The molecule has 0 aliphatic heterocycles. The predicted octanol–water partition coefficient (Wildman–Crippen LogP) is 2.64. The highest BCUT2D eigenvalue weighted by Gasteiger charge is 2.10. The van der Waals surface area contributed by atoms with Gasteiger partial charge in [0.25, 0.3) is 0 Å². The van der Waals surface area contributed by atoms with Gasteiger partial charge in [-0.2, -0.15) is 0 Å². The minimum Gasteiger partial charge on any atom is -0.399 e. The molecule has 3 heterocycles. The van der Waals surface area contributed by atoms with E-state index in [9.17, 15) is 4.39 Å². The van der Waals surface area contributed by atoms with Crippen molar-refractivity contribution >= 4 is 16.7 Å². The number of pyridine rings is 1. The van der Waals surface area contributed by atoms with Crippen LogP contribution in [0.15, 0.2) is 49.2 Å². The maximum absolute atomic E-state index is 14.0. The number of fused-ring (bicyclic) bond motifs is 1. The number of aryl methyl sites for hydroxylation is 1. The summed E-state index contributed by atoms with van der Waals surface area (Å²) in [5, 5.41) is 5.11. The first-order valence-corrected chi connectivity index (χ1v) is 7.02. The van der Waals surface area contributed by atoms with E-state index in [4.69, 9.17) is 5.73 Å². The van der Waals surface area contributed by atoms with Crippen LogP contribution in [0, 0.1) is 12.7 Å². The van der Waals surface area contributed by atoms with Crippen LogP contribution in [0.4, 0.5) is 10.1 Å². The largest absolute Gasteiger partial charge is 0.399 e. The van der Waals surface area contributed by atoms with Crippen LogP contribution in [0.25, 0.3) is 22.4 Å². The van der Waals surface area contributed by atoms with Crippen molar-refractivity contribution in [1.82, 2.24) is 24.3 Å². The number of nitrogens with two attached hydrogens (primary N) is 1. The summed E-state index contributed by atoms with van der Waals surface area (Å²) in [6.45, 7) is 1.92. The molecule has 0 unspecified atom stereocenters. The summed E-state index contributed by atoms with van der Waals surface area (Å²) in [7, 11) is 0. The van der Waals surface area contributed by atoms with E-state index in [-0.39, 0.29) is 0 Å². The number of nitrogens with zero attached hydrogens (tertiary/aromatic N) is 5. The van der Waals surface area contributed by atoms with Crippen molar-refractivity contribution in [3.05, 3.63) is 60.7 Å². The van der Waals surface area contributed by atoms with Gasteiger partial charge < -0.3 is 10.3 Å². The number of rotatable bonds is 2. The Morgan fingerprint density at radius 3 is 2.78 bits per heavy atom. The summed E-state index contributed by atoms with van der Waals surface area (Å²) >= 11 is 0. The maximum Gasteiger partial charge on any atom is 0.181 e. The van der Waals surface area contributed by atoms with E-state index in [2.05, 4.69) is 15.1 Å². The fraction of sp³-hybridized carbons (Fsp3) is 0.0625. The van der Waals surface area contributed by atoms with Gasteiger partial charge in [-0.15, -0.1) is 5.10 Å². The highest BCUT2D eigenvalue weighted by molar-refractivity contribution is 5.76. The predicted molar refractivity (Wildman–Crippen MR) is 85.1 cm³/mol. The maximum atomic E-state index is 14.0. The molecule has 114 valence electrons. The molecule has 0 amide bonds. The number of hydrogen-bond acceptors (Lipinski definition) is 4. The molecule has 23 heavy (non-hydrogen) atoms. The van der Waals surface area contributed by atoms with Gasteiger partial charge in [-0.05, 0) is 31.2 Å². The highest BCUT2D eigenvalue weighted by atomic mass is 19.1. The van der Waals surface area contributed by atoms with Crippen LogP contribution in [-0.2, 0) is 0 Å². The third-order valence-corrected chi connectivity index (χ3v) is 3.57. The number of nitrogen functional groups attached to an aromatic ring is 1. The smallest absolute Gasteiger partial charge is 0.181 e. The Morgan fingerprint density at radius 1 is 1.13 bits per heavy atom. The monoisotopic (exact) mass is 308 g/mol. The summed E-state index contributed by atoms with van der Waals surface area (Å²) in [6.07, 6.45) is 7.06. The van der Waals surface area contributed by atoms with Gasteiger partial charge in [-0.25, -0.2) is 19.0 Å². The molecule has 0 fully saturated rings.